The molecule has 168 valence electrons. The van der Waals surface area contributed by atoms with Crippen LogP contribution in [-0.4, -0.2) is 58.3 Å². The van der Waals surface area contributed by atoms with Crippen LogP contribution in [-0.2, 0) is 4.79 Å². The molecule has 0 bridgehead atoms. The highest BCUT2D eigenvalue weighted by molar-refractivity contribution is 6.03. The normalized spacial score (nSPS) is 17.1. The predicted octanol–water partition coefficient (Wildman–Crippen LogP) is 3.66. The molecule has 1 atom stereocenters. The Morgan fingerprint density at radius 3 is 3.00 bits per heavy atom. The highest BCUT2D eigenvalue weighted by atomic mass is 16.5. The fraction of sp³-hybridized carbons (Fsp3) is 0.222. The van der Waals surface area contributed by atoms with Gasteiger partial charge in [0.05, 0.1) is 35.2 Å². The number of nitrogens with zero attached hydrogens (tertiary/aromatic N) is 4. The zero-order valence-corrected chi connectivity index (χ0v) is 18.8. The molecule has 2 aliphatic rings. The van der Waals surface area contributed by atoms with E-state index in [9.17, 15) is 4.79 Å². The van der Waals surface area contributed by atoms with Crippen molar-refractivity contribution in [1.82, 2.24) is 20.1 Å². The smallest absolute Gasteiger partial charge is 0.246 e. The van der Waals surface area contributed by atoms with Crippen LogP contribution in [0.3, 0.4) is 0 Å². The van der Waals surface area contributed by atoms with Crippen LogP contribution in [0.5, 0.6) is 5.75 Å². The lowest BCUT2D eigenvalue weighted by molar-refractivity contribution is -0.127. The number of amides is 1. The van der Waals surface area contributed by atoms with Crippen LogP contribution in [0.4, 0.5) is 5.69 Å². The van der Waals surface area contributed by atoms with Crippen LogP contribution in [0.15, 0.2) is 49.3 Å². The van der Waals surface area contributed by atoms with E-state index in [-0.39, 0.29) is 11.9 Å². The summed E-state index contributed by atoms with van der Waals surface area (Å²) in [5.74, 6) is 3.60. The topological polar surface area (TPSA) is 74.3 Å². The number of carbonyl (C=O) groups excluding carboxylic acids is 1. The minimum Gasteiger partial charge on any atom is -0.488 e. The summed E-state index contributed by atoms with van der Waals surface area (Å²) < 4.78 is 6.09. The number of aromatic amines is 1. The van der Waals surface area contributed by atoms with Gasteiger partial charge in [-0.1, -0.05) is 18.6 Å². The van der Waals surface area contributed by atoms with E-state index >= 15 is 0 Å². The molecule has 2 aromatic carbocycles. The number of carbonyl (C=O) groups is 1. The number of rotatable bonds is 2. The summed E-state index contributed by atoms with van der Waals surface area (Å²) in [6.07, 6.45) is 11.0. The van der Waals surface area contributed by atoms with Crippen LogP contribution < -0.4 is 9.64 Å². The molecule has 2 aliphatic heterocycles. The van der Waals surface area contributed by atoms with Crippen LogP contribution in [0.1, 0.15) is 11.1 Å². The van der Waals surface area contributed by atoms with Gasteiger partial charge in [-0.15, -0.1) is 6.42 Å². The molecular weight excluding hydrogens is 426 g/mol. The van der Waals surface area contributed by atoms with Gasteiger partial charge in [-0.2, -0.15) is 5.10 Å². The molecule has 0 spiro atoms. The van der Waals surface area contributed by atoms with Crippen molar-refractivity contribution in [2.24, 2.45) is 0 Å². The van der Waals surface area contributed by atoms with Crippen molar-refractivity contribution in [2.75, 3.05) is 31.1 Å². The van der Waals surface area contributed by atoms with E-state index < -0.39 is 0 Å². The number of benzene rings is 2. The van der Waals surface area contributed by atoms with Crippen LogP contribution in [0.2, 0.25) is 0 Å². The van der Waals surface area contributed by atoms with E-state index in [4.69, 9.17) is 16.1 Å². The molecule has 1 saturated heterocycles. The second-order valence-electron chi connectivity index (χ2n) is 8.77. The van der Waals surface area contributed by atoms with E-state index in [1.165, 1.54) is 6.08 Å². The largest absolute Gasteiger partial charge is 0.488 e. The minimum absolute atomic E-state index is 0.0481. The summed E-state index contributed by atoms with van der Waals surface area (Å²) >= 11 is 0. The summed E-state index contributed by atoms with van der Waals surface area (Å²) in [6, 6.07) is 8.28. The number of aromatic nitrogens is 3. The average molecular weight is 450 g/mol. The molecule has 0 radical (unpaired) electrons. The van der Waals surface area contributed by atoms with E-state index in [1.807, 2.05) is 23.2 Å². The first-order chi connectivity index (χ1) is 16.6. The van der Waals surface area contributed by atoms with Crippen LogP contribution in [0.25, 0.3) is 32.9 Å². The number of ether oxygens (including phenoxy) is 1. The molecular formula is C27H23N5O2. The molecule has 0 saturated carbocycles. The van der Waals surface area contributed by atoms with Crippen molar-refractivity contribution in [3.05, 3.63) is 60.4 Å². The highest BCUT2D eigenvalue weighted by Crippen LogP contribution is 2.43. The van der Waals surface area contributed by atoms with Gasteiger partial charge in [0.15, 0.2) is 5.75 Å². The number of H-pyrrole nitrogens is 1. The molecule has 4 aromatic rings. The van der Waals surface area contributed by atoms with Gasteiger partial charge in [0.2, 0.25) is 5.91 Å². The molecule has 4 heterocycles. The van der Waals surface area contributed by atoms with Gasteiger partial charge in [-0.05, 0) is 42.3 Å². The lowest BCUT2D eigenvalue weighted by Crippen LogP contribution is -2.58. The monoisotopic (exact) mass is 449 g/mol. The number of aryl methyl sites for hydroxylation is 1. The molecule has 1 fully saturated rings. The third-order valence-electron chi connectivity index (χ3n) is 6.89. The Morgan fingerprint density at radius 2 is 2.18 bits per heavy atom. The lowest BCUT2D eigenvalue weighted by atomic mass is 9.91. The molecule has 1 N–H and O–H groups in total. The number of anilines is 1. The van der Waals surface area contributed by atoms with Crippen molar-refractivity contribution in [3.8, 4) is 29.2 Å². The zero-order chi connectivity index (χ0) is 23.4. The molecule has 6 rings (SSSR count). The number of hydrogen-bond acceptors (Lipinski definition) is 5. The Hall–Kier alpha value is -4.31. The number of hydrogen-bond donors (Lipinski definition) is 1. The Bertz CT molecular complexity index is 1530. The molecule has 0 aliphatic carbocycles. The Morgan fingerprint density at radius 1 is 1.29 bits per heavy atom. The Balaban J connectivity index is 1.51. The standard InChI is InChI=1S/C27H23N5O2/c1-4-17-10-20-23(11-19(17)26-16(3)6-7-22-21(26)12-29-30-22)28-13-24-27(20)32-9-8-31(25(33)5-2)14-18(32)15-34-24/h1,5-7,10-13,18H,2,8-9,14-15H2,3H3,(H,29,30)/t18-/m1/s1. The molecule has 7 heteroatoms. The Labute approximate surface area is 197 Å². The van der Waals surface area contributed by atoms with Crippen molar-refractivity contribution in [1.29, 1.82) is 0 Å². The van der Waals surface area contributed by atoms with Gasteiger partial charge in [-0.3, -0.25) is 14.9 Å². The van der Waals surface area contributed by atoms with E-state index in [2.05, 4.69) is 46.7 Å². The first kappa shape index (κ1) is 20.3. The summed E-state index contributed by atoms with van der Waals surface area (Å²) in [7, 11) is 0. The summed E-state index contributed by atoms with van der Waals surface area (Å²) in [6.45, 7) is 8.14. The van der Waals surface area contributed by atoms with E-state index in [1.54, 1.807) is 6.20 Å². The first-order valence-electron chi connectivity index (χ1n) is 11.3. The van der Waals surface area contributed by atoms with Crippen molar-refractivity contribution in [3.63, 3.8) is 0 Å². The van der Waals surface area contributed by atoms with Crippen LogP contribution in [0, 0.1) is 19.3 Å². The van der Waals surface area contributed by atoms with Gasteiger partial charge in [-0.25, -0.2) is 0 Å². The van der Waals surface area contributed by atoms with Crippen molar-refractivity contribution in [2.45, 2.75) is 13.0 Å². The molecule has 1 amide bonds. The van der Waals surface area contributed by atoms with Gasteiger partial charge in [0.1, 0.15) is 6.61 Å². The van der Waals surface area contributed by atoms with Gasteiger partial charge >= 0.3 is 0 Å². The van der Waals surface area contributed by atoms with Gasteiger partial charge < -0.3 is 14.5 Å². The maximum atomic E-state index is 12.2. The predicted molar refractivity (Wildman–Crippen MR) is 133 cm³/mol. The van der Waals surface area contributed by atoms with E-state index in [0.717, 1.165) is 55.5 Å². The third-order valence-corrected chi connectivity index (χ3v) is 6.89. The second-order valence-corrected chi connectivity index (χ2v) is 8.77. The minimum atomic E-state index is -0.0481. The maximum Gasteiger partial charge on any atom is 0.246 e. The summed E-state index contributed by atoms with van der Waals surface area (Å²) in [4.78, 5) is 21.0. The Kier molecular flexibility index (Phi) is 4.56. The average Bonchev–Trinajstić information content (AvgIpc) is 3.35. The zero-order valence-electron chi connectivity index (χ0n) is 18.8. The fourth-order valence-electron chi connectivity index (χ4n) is 5.23. The van der Waals surface area contributed by atoms with E-state index in [0.29, 0.717) is 26.2 Å². The van der Waals surface area contributed by atoms with Gasteiger partial charge in [0, 0.05) is 41.5 Å². The first-order valence-corrected chi connectivity index (χ1v) is 11.3. The molecule has 34 heavy (non-hydrogen) atoms. The van der Waals surface area contributed by atoms with Crippen molar-refractivity contribution < 1.29 is 9.53 Å². The molecule has 0 unspecified atom stereocenters. The molecule has 2 aromatic heterocycles. The summed E-state index contributed by atoms with van der Waals surface area (Å²) in [5, 5.41) is 9.25. The number of piperazine rings is 1. The van der Waals surface area contributed by atoms with Gasteiger partial charge in [0.25, 0.3) is 0 Å². The fourth-order valence-corrected chi connectivity index (χ4v) is 5.23. The SMILES string of the molecule is C#Cc1cc2c3c(cnc2cc1-c1c(C)ccc2[nH]ncc12)OC[C@H]1CN(C(=O)C=C)CCN31. The maximum absolute atomic E-state index is 12.2. The number of nitrogens with one attached hydrogen (secondary N) is 1. The quantitative estimate of drug-likeness (QED) is 0.373. The third kappa shape index (κ3) is 2.96. The number of terminal acetylenes is 1. The van der Waals surface area contributed by atoms with Crippen LogP contribution >= 0.6 is 0 Å². The second kappa shape index (κ2) is 7.63. The number of pyridine rings is 1. The van der Waals surface area contributed by atoms with Crippen molar-refractivity contribution >= 4 is 33.4 Å². The number of fused-ring (bicyclic) bond motifs is 6. The summed E-state index contributed by atoms with van der Waals surface area (Å²) in [5.41, 5.74) is 6.74. The lowest BCUT2D eigenvalue weighted by Gasteiger charge is -2.45. The highest BCUT2D eigenvalue weighted by Gasteiger charge is 2.35. The molecule has 7 nitrogen and oxygen atoms in total.